The van der Waals surface area contributed by atoms with Crippen LogP contribution in [0.2, 0.25) is 0 Å². The van der Waals surface area contributed by atoms with E-state index in [2.05, 4.69) is 15.9 Å². The fraction of sp³-hybridized carbons (Fsp3) is 0.375. The van der Waals surface area contributed by atoms with Crippen molar-refractivity contribution < 1.29 is 22.3 Å². The zero-order chi connectivity index (χ0) is 17.3. The van der Waals surface area contributed by atoms with Crippen molar-refractivity contribution in [3.8, 4) is 11.5 Å². The SMILES string of the molecule is COc1cc(Br)c(S(=O)(=O)N(Cc2ccco2)C2CC2)cc1OC. The van der Waals surface area contributed by atoms with Gasteiger partial charge in [0.25, 0.3) is 0 Å². The first-order valence-corrected chi connectivity index (χ1v) is 9.66. The quantitative estimate of drug-likeness (QED) is 0.692. The second kappa shape index (κ2) is 6.78. The normalized spacial score (nSPS) is 14.8. The highest BCUT2D eigenvalue weighted by Gasteiger charge is 2.39. The molecule has 1 aliphatic rings. The largest absolute Gasteiger partial charge is 0.493 e. The van der Waals surface area contributed by atoms with E-state index in [1.165, 1.54) is 24.6 Å². The molecule has 0 spiro atoms. The minimum absolute atomic E-state index is 0.0000894. The fourth-order valence-corrected chi connectivity index (χ4v) is 5.14. The summed E-state index contributed by atoms with van der Waals surface area (Å²) in [6.07, 6.45) is 3.25. The van der Waals surface area contributed by atoms with Crippen molar-refractivity contribution in [3.05, 3.63) is 40.8 Å². The van der Waals surface area contributed by atoms with Crippen LogP contribution in [0.5, 0.6) is 11.5 Å². The molecule has 24 heavy (non-hydrogen) atoms. The summed E-state index contributed by atoms with van der Waals surface area (Å²) in [5.74, 6) is 1.45. The highest BCUT2D eigenvalue weighted by Crippen LogP contribution is 2.40. The van der Waals surface area contributed by atoms with Gasteiger partial charge >= 0.3 is 0 Å². The Morgan fingerprint density at radius 1 is 1.25 bits per heavy atom. The molecule has 0 saturated heterocycles. The molecule has 1 aliphatic carbocycles. The van der Waals surface area contributed by atoms with Crippen LogP contribution in [0.15, 0.2) is 44.3 Å². The topological polar surface area (TPSA) is 69.0 Å². The molecule has 8 heteroatoms. The number of ether oxygens (including phenoxy) is 2. The standard InChI is InChI=1S/C16H18BrNO5S/c1-21-14-8-13(17)16(9-15(14)22-2)24(19,20)18(11-5-6-11)10-12-4-3-7-23-12/h3-4,7-9,11H,5-6,10H2,1-2H3. The molecule has 6 nitrogen and oxygen atoms in total. The average molecular weight is 416 g/mol. The summed E-state index contributed by atoms with van der Waals surface area (Å²) in [6, 6.07) is 6.60. The lowest BCUT2D eigenvalue weighted by Crippen LogP contribution is -2.32. The molecule has 1 saturated carbocycles. The zero-order valence-electron chi connectivity index (χ0n) is 13.4. The molecule has 3 rings (SSSR count). The Bertz CT molecular complexity index is 815. The van der Waals surface area contributed by atoms with E-state index < -0.39 is 10.0 Å². The van der Waals surface area contributed by atoms with Crippen molar-refractivity contribution in [2.45, 2.75) is 30.3 Å². The molecule has 0 amide bonds. The molecule has 1 fully saturated rings. The van der Waals surface area contributed by atoms with Crippen LogP contribution >= 0.6 is 15.9 Å². The van der Waals surface area contributed by atoms with Crippen LogP contribution in [-0.4, -0.2) is 33.0 Å². The van der Waals surface area contributed by atoms with E-state index in [0.717, 1.165) is 12.8 Å². The van der Waals surface area contributed by atoms with E-state index in [4.69, 9.17) is 13.9 Å². The summed E-state index contributed by atoms with van der Waals surface area (Å²) in [5, 5.41) is 0. The summed E-state index contributed by atoms with van der Waals surface area (Å²) < 4.78 is 44.1. The van der Waals surface area contributed by atoms with Gasteiger partial charge < -0.3 is 13.9 Å². The monoisotopic (exact) mass is 415 g/mol. The molecular formula is C16H18BrNO5S. The second-order valence-corrected chi connectivity index (χ2v) is 8.21. The minimum atomic E-state index is -3.71. The molecule has 1 aromatic heterocycles. The van der Waals surface area contributed by atoms with Crippen molar-refractivity contribution in [1.82, 2.24) is 4.31 Å². The molecule has 2 aromatic rings. The smallest absolute Gasteiger partial charge is 0.245 e. The number of hydrogen-bond acceptors (Lipinski definition) is 5. The van der Waals surface area contributed by atoms with E-state index in [1.54, 1.807) is 24.5 Å². The van der Waals surface area contributed by atoms with E-state index in [1.807, 2.05) is 0 Å². The van der Waals surface area contributed by atoms with Crippen LogP contribution in [0.3, 0.4) is 0 Å². The Hall–Kier alpha value is -1.51. The van der Waals surface area contributed by atoms with Crippen LogP contribution < -0.4 is 9.47 Å². The predicted octanol–water partition coefficient (Wildman–Crippen LogP) is 3.41. The Balaban J connectivity index is 2.01. The molecule has 0 radical (unpaired) electrons. The van der Waals surface area contributed by atoms with Gasteiger partial charge in [0.2, 0.25) is 10.0 Å². The number of halogens is 1. The van der Waals surface area contributed by atoms with Crippen LogP contribution in [0.25, 0.3) is 0 Å². The van der Waals surface area contributed by atoms with Gasteiger partial charge in [-0.3, -0.25) is 0 Å². The van der Waals surface area contributed by atoms with Gasteiger partial charge in [0, 0.05) is 16.6 Å². The number of sulfonamides is 1. The maximum absolute atomic E-state index is 13.2. The molecule has 1 heterocycles. The van der Waals surface area contributed by atoms with Crippen molar-refractivity contribution in [2.24, 2.45) is 0 Å². The minimum Gasteiger partial charge on any atom is -0.493 e. The predicted molar refractivity (Wildman–Crippen MR) is 91.7 cm³/mol. The Morgan fingerprint density at radius 3 is 2.46 bits per heavy atom. The van der Waals surface area contributed by atoms with Gasteiger partial charge in [0.1, 0.15) is 10.7 Å². The summed E-state index contributed by atoms with van der Waals surface area (Å²) in [7, 11) is -0.730. The number of methoxy groups -OCH3 is 2. The van der Waals surface area contributed by atoms with Crippen molar-refractivity contribution in [2.75, 3.05) is 14.2 Å². The van der Waals surface area contributed by atoms with Gasteiger partial charge in [-0.2, -0.15) is 4.31 Å². The Labute approximate surface area is 149 Å². The van der Waals surface area contributed by atoms with Gasteiger partial charge in [-0.1, -0.05) is 0 Å². The van der Waals surface area contributed by atoms with Gasteiger partial charge in [-0.15, -0.1) is 0 Å². The Morgan fingerprint density at radius 2 is 1.92 bits per heavy atom. The average Bonchev–Trinajstić information content (AvgIpc) is 3.27. The third-order valence-corrected chi connectivity index (χ3v) is 6.73. The lowest BCUT2D eigenvalue weighted by atomic mass is 10.3. The molecule has 1 aromatic carbocycles. The van der Waals surface area contributed by atoms with Gasteiger partial charge in [-0.25, -0.2) is 8.42 Å². The summed E-state index contributed by atoms with van der Waals surface area (Å²) in [4.78, 5) is 0.151. The van der Waals surface area contributed by atoms with Crippen LogP contribution in [0.1, 0.15) is 18.6 Å². The first-order valence-electron chi connectivity index (χ1n) is 7.43. The number of nitrogens with zero attached hydrogens (tertiary/aromatic N) is 1. The third-order valence-electron chi connectivity index (χ3n) is 3.87. The Kier molecular flexibility index (Phi) is 4.89. The van der Waals surface area contributed by atoms with Crippen LogP contribution in [0.4, 0.5) is 0 Å². The van der Waals surface area contributed by atoms with Gasteiger partial charge in [0.15, 0.2) is 11.5 Å². The first kappa shape index (κ1) is 17.3. The number of hydrogen-bond donors (Lipinski definition) is 0. The molecule has 0 N–H and O–H groups in total. The summed E-state index contributed by atoms with van der Waals surface area (Å²) in [5.41, 5.74) is 0. The highest BCUT2D eigenvalue weighted by molar-refractivity contribution is 9.10. The highest BCUT2D eigenvalue weighted by atomic mass is 79.9. The summed E-state index contributed by atoms with van der Waals surface area (Å²) in [6.45, 7) is 0.209. The maximum atomic E-state index is 13.2. The first-order chi connectivity index (χ1) is 11.5. The van der Waals surface area contributed by atoms with Crippen molar-refractivity contribution in [1.29, 1.82) is 0 Å². The molecule has 0 aliphatic heterocycles. The molecule has 0 bridgehead atoms. The fourth-order valence-electron chi connectivity index (χ4n) is 2.49. The maximum Gasteiger partial charge on any atom is 0.245 e. The third kappa shape index (κ3) is 3.31. The zero-order valence-corrected chi connectivity index (χ0v) is 15.8. The van der Waals surface area contributed by atoms with E-state index in [0.29, 0.717) is 21.7 Å². The van der Waals surface area contributed by atoms with E-state index in [-0.39, 0.29) is 17.5 Å². The summed E-state index contributed by atoms with van der Waals surface area (Å²) >= 11 is 3.34. The number of benzene rings is 1. The molecule has 130 valence electrons. The lowest BCUT2D eigenvalue weighted by molar-refractivity contribution is 0.349. The van der Waals surface area contributed by atoms with Crippen LogP contribution in [-0.2, 0) is 16.6 Å². The molecule has 0 unspecified atom stereocenters. The van der Waals surface area contributed by atoms with E-state index >= 15 is 0 Å². The van der Waals surface area contributed by atoms with E-state index in [9.17, 15) is 8.42 Å². The molecule has 0 atom stereocenters. The van der Waals surface area contributed by atoms with Crippen LogP contribution in [0, 0.1) is 0 Å². The number of rotatable bonds is 7. The second-order valence-electron chi connectivity index (χ2n) is 5.50. The lowest BCUT2D eigenvalue weighted by Gasteiger charge is -2.22. The molecular weight excluding hydrogens is 398 g/mol. The van der Waals surface area contributed by atoms with Gasteiger partial charge in [0.05, 0.1) is 27.0 Å². The van der Waals surface area contributed by atoms with Crippen molar-refractivity contribution >= 4 is 26.0 Å². The number of furan rings is 1. The van der Waals surface area contributed by atoms with Crippen molar-refractivity contribution in [3.63, 3.8) is 0 Å². The van der Waals surface area contributed by atoms with Gasteiger partial charge in [-0.05, 0) is 47.0 Å².